The van der Waals surface area contributed by atoms with Crippen LogP contribution in [0.3, 0.4) is 0 Å². The lowest BCUT2D eigenvalue weighted by Gasteiger charge is -2.56. The van der Waals surface area contributed by atoms with Gasteiger partial charge in [0.05, 0.1) is 0 Å². The van der Waals surface area contributed by atoms with Gasteiger partial charge in [-0.05, 0) is 75.4 Å². The Morgan fingerprint density at radius 1 is 1.25 bits per heavy atom. The summed E-state index contributed by atoms with van der Waals surface area (Å²) in [5.74, 6) is 2.87. The van der Waals surface area contributed by atoms with Gasteiger partial charge in [-0.2, -0.15) is 5.10 Å². The molecule has 4 bridgehead atoms. The summed E-state index contributed by atoms with van der Waals surface area (Å²) in [4.78, 5) is 0. The van der Waals surface area contributed by atoms with E-state index in [4.69, 9.17) is 12.2 Å². The fourth-order valence-corrected chi connectivity index (χ4v) is 5.14. The van der Waals surface area contributed by atoms with Crippen LogP contribution in [0.4, 0.5) is 0 Å². The highest BCUT2D eigenvalue weighted by Gasteiger charge is 2.52. The van der Waals surface area contributed by atoms with Crippen molar-refractivity contribution >= 4 is 23.0 Å². The fourth-order valence-electron chi connectivity index (χ4n) is 5.01. The van der Waals surface area contributed by atoms with Gasteiger partial charge in [-0.1, -0.05) is 6.08 Å². The Balaban J connectivity index is 1.65. The molecule has 0 aliphatic heterocycles. The average molecular weight is 291 g/mol. The van der Waals surface area contributed by atoms with Crippen LogP contribution in [-0.4, -0.2) is 17.4 Å². The van der Waals surface area contributed by atoms with Crippen LogP contribution in [0, 0.1) is 23.2 Å². The normalized spacial score (nSPS) is 38.6. The fraction of sp³-hybridized carbons (Fsp3) is 0.750. The second-order valence-electron chi connectivity index (χ2n) is 7.01. The van der Waals surface area contributed by atoms with Crippen molar-refractivity contribution in [3.05, 3.63) is 12.7 Å². The first kappa shape index (κ1) is 14.1. The van der Waals surface area contributed by atoms with Crippen LogP contribution in [0.1, 0.15) is 45.4 Å². The Kier molecular flexibility index (Phi) is 3.85. The molecule has 0 radical (unpaired) electrons. The largest absolute Gasteiger partial charge is 0.358 e. The van der Waals surface area contributed by atoms with E-state index in [1.54, 1.807) is 6.08 Å². The maximum atomic E-state index is 5.20. The van der Waals surface area contributed by atoms with Gasteiger partial charge in [0.15, 0.2) is 5.11 Å². The van der Waals surface area contributed by atoms with Crippen molar-refractivity contribution in [1.29, 1.82) is 0 Å². The zero-order chi connectivity index (χ0) is 14.2. The number of hydrogen-bond donors (Lipinski definition) is 2. The maximum Gasteiger partial charge on any atom is 0.187 e. The molecule has 0 heterocycles. The Morgan fingerprint density at radius 3 is 2.30 bits per heavy atom. The standard InChI is InChI=1S/C16H25N3S/c1-3-4-17-15(20)19-18-11(2)16-8-12-5-13(9-16)7-14(6-12)10-16/h3,12-14H,1,4-10H2,2H3,(H2,17,19,20)/b18-11-. The highest BCUT2D eigenvalue weighted by atomic mass is 32.1. The van der Waals surface area contributed by atoms with E-state index < -0.39 is 0 Å². The molecule has 0 aromatic rings. The van der Waals surface area contributed by atoms with Gasteiger partial charge < -0.3 is 5.32 Å². The number of thiocarbonyl (C=S) groups is 1. The van der Waals surface area contributed by atoms with Gasteiger partial charge in [0.2, 0.25) is 0 Å². The van der Waals surface area contributed by atoms with E-state index in [0.29, 0.717) is 17.1 Å². The van der Waals surface area contributed by atoms with E-state index in [9.17, 15) is 0 Å². The van der Waals surface area contributed by atoms with E-state index in [-0.39, 0.29) is 0 Å². The first-order chi connectivity index (χ1) is 9.61. The van der Waals surface area contributed by atoms with Crippen LogP contribution < -0.4 is 10.7 Å². The molecule has 0 amide bonds. The van der Waals surface area contributed by atoms with Crippen LogP contribution >= 0.6 is 12.2 Å². The lowest BCUT2D eigenvalue weighted by atomic mass is 9.48. The van der Waals surface area contributed by atoms with Gasteiger partial charge in [0.1, 0.15) is 0 Å². The minimum atomic E-state index is 0.371. The minimum Gasteiger partial charge on any atom is -0.358 e. The summed E-state index contributed by atoms with van der Waals surface area (Å²) >= 11 is 5.20. The zero-order valence-electron chi connectivity index (χ0n) is 12.3. The molecule has 0 unspecified atom stereocenters. The number of rotatable bonds is 4. The van der Waals surface area contributed by atoms with Gasteiger partial charge in [-0.15, -0.1) is 6.58 Å². The number of hydrazone groups is 1. The van der Waals surface area contributed by atoms with Crippen molar-refractivity contribution in [2.75, 3.05) is 6.54 Å². The van der Waals surface area contributed by atoms with E-state index >= 15 is 0 Å². The molecule has 4 rings (SSSR count). The van der Waals surface area contributed by atoms with Crippen LogP contribution in [-0.2, 0) is 0 Å². The summed E-state index contributed by atoms with van der Waals surface area (Å²) in [7, 11) is 0. The summed E-state index contributed by atoms with van der Waals surface area (Å²) in [6.45, 7) is 6.54. The van der Waals surface area contributed by atoms with Crippen LogP contribution in [0.15, 0.2) is 17.8 Å². The van der Waals surface area contributed by atoms with Crippen molar-refractivity contribution in [3.8, 4) is 0 Å². The molecular formula is C16H25N3S. The van der Waals surface area contributed by atoms with Gasteiger partial charge in [-0.3, -0.25) is 5.43 Å². The third kappa shape index (κ3) is 2.62. The molecule has 0 aromatic carbocycles. The number of nitrogens with zero attached hydrogens (tertiary/aromatic N) is 1. The summed E-state index contributed by atoms with van der Waals surface area (Å²) < 4.78 is 0. The van der Waals surface area contributed by atoms with E-state index in [1.807, 2.05) is 0 Å². The molecular weight excluding hydrogens is 266 g/mol. The highest BCUT2D eigenvalue weighted by molar-refractivity contribution is 7.80. The zero-order valence-corrected chi connectivity index (χ0v) is 13.1. The van der Waals surface area contributed by atoms with Crippen LogP contribution in [0.5, 0.6) is 0 Å². The Morgan fingerprint density at radius 2 is 1.80 bits per heavy atom. The number of nitrogens with one attached hydrogen (secondary N) is 2. The SMILES string of the molecule is C=CCNC(=S)N/N=C(/C)C12CC3CC(CC(C3)C1)C2. The predicted molar refractivity (Wildman–Crippen MR) is 87.6 cm³/mol. The van der Waals surface area contributed by atoms with Gasteiger partial charge in [-0.25, -0.2) is 0 Å². The van der Waals surface area contributed by atoms with Crippen molar-refractivity contribution < 1.29 is 0 Å². The molecule has 0 saturated heterocycles. The molecule has 3 nitrogen and oxygen atoms in total. The van der Waals surface area contributed by atoms with Gasteiger partial charge in [0.25, 0.3) is 0 Å². The van der Waals surface area contributed by atoms with Crippen LogP contribution in [0.2, 0.25) is 0 Å². The molecule has 0 aromatic heterocycles. The first-order valence-corrected chi connectivity index (χ1v) is 8.21. The van der Waals surface area contributed by atoms with Crippen LogP contribution in [0.25, 0.3) is 0 Å². The topological polar surface area (TPSA) is 36.4 Å². The summed E-state index contributed by atoms with van der Waals surface area (Å²) in [5.41, 5.74) is 4.64. The second kappa shape index (κ2) is 5.47. The van der Waals surface area contributed by atoms with Crippen molar-refractivity contribution in [2.45, 2.75) is 45.4 Å². The second-order valence-corrected chi connectivity index (χ2v) is 7.41. The maximum absolute atomic E-state index is 5.20. The summed E-state index contributed by atoms with van der Waals surface area (Å²) in [5, 5.41) is 8.24. The lowest BCUT2D eigenvalue weighted by molar-refractivity contribution is -0.0128. The molecule has 4 heteroatoms. The summed E-state index contributed by atoms with van der Waals surface area (Å²) in [6, 6.07) is 0. The summed E-state index contributed by atoms with van der Waals surface area (Å²) in [6.07, 6.45) is 10.3. The average Bonchev–Trinajstić information content (AvgIpc) is 2.41. The van der Waals surface area contributed by atoms with E-state index in [0.717, 1.165) is 17.8 Å². The Hall–Kier alpha value is -0.900. The van der Waals surface area contributed by atoms with E-state index in [2.05, 4.69) is 29.3 Å². The highest BCUT2D eigenvalue weighted by Crippen LogP contribution is 2.60. The van der Waals surface area contributed by atoms with E-state index in [1.165, 1.54) is 44.2 Å². The third-order valence-corrected chi connectivity index (χ3v) is 5.77. The molecule has 4 fully saturated rings. The molecule has 2 N–H and O–H groups in total. The van der Waals surface area contributed by atoms with Crippen molar-refractivity contribution in [2.24, 2.45) is 28.3 Å². The molecule has 0 atom stereocenters. The predicted octanol–water partition coefficient (Wildman–Crippen LogP) is 3.23. The molecule has 0 spiro atoms. The molecule has 4 saturated carbocycles. The molecule has 4 aliphatic rings. The smallest absolute Gasteiger partial charge is 0.187 e. The third-order valence-electron chi connectivity index (χ3n) is 5.54. The quantitative estimate of drug-likeness (QED) is 0.361. The Labute approximate surface area is 127 Å². The molecule has 4 aliphatic carbocycles. The first-order valence-electron chi connectivity index (χ1n) is 7.81. The molecule has 110 valence electrons. The lowest BCUT2D eigenvalue weighted by Crippen LogP contribution is -2.50. The van der Waals surface area contributed by atoms with Crippen molar-refractivity contribution in [3.63, 3.8) is 0 Å². The monoisotopic (exact) mass is 291 g/mol. The Bertz CT molecular complexity index is 406. The number of hydrogen-bond acceptors (Lipinski definition) is 2. The van der Waals surface area contributed by atoms with Gasteiger partial charge in [0, 0.05) is 17.7 Å². The molecule has 20 heavy (non-hydrogen) atoms. The van der Waals surface area contributed by atoms with Gasteiger partial charge >= 0.3 is 0 Å². The minimum absolute atomic E-state index is 0.371. The van der Waals surface area contributed by atoms with Crippen molar-refractivity contribution in [1.82, 2.24) is 10.7 Å².